The van der Waals surface area contributed by atoms with Crippen molar-refractivity contribution >= 4 is 34.9 Å². The van der Waals surface area contributed by atoms with Gasteiger partial charge in [-0.25, -0.2) is 9.98 Å². The highest BCUT2D eigenvalue weighted by Gasteiger charge is 2.40. The third-order valence-electron chi connectivity index (χ3n) is 6.47. The normalized spacial score (nSPS) is 26.8. The Morgan fingerprint density at radius 2 is 2.15 bits per heavy atom. The zero-order chi connectivity index (χ0) is 23.4. The summed E-state index contributed by atoms with van der Waals surface area (Å²) in [6, 6.07) is 11.2. The van der Waals surface area contributed by atoms with Crippen LogP contribution in [-0.2, 0) is 11.4 Å². The zero-order valence-electron chi connectivity index (χ0n) is 19.1. The van der Waals surface area contributed by atoms with Crippen LogP contribution in [0.1, 0.15) is 36.4 Å². The van der Waals surface area contributed by atoms with Crippen molar-refractivity contribution in [3.63, 3.8) is 0 Å². The van der Waals surface area contributed by atoms with E-state index in [4.69, 9.17) is 21.0 Å². The third-order valence-corrected chi connectivity index (χ3v) is 8.36. The number of nitrogens with two attached hydrogens (primary N) is 1. The van der Waals surface area contributed by atoms with E-state index in [1.54, 1.807) is 6.26 Å². The number of likely N-dealkylation sites (tertiary alicyclic amines) is 1. The summed E-state index contributed by atoms with van der Waals surface area (Å²) in [5.74, 6) is 2.19. The molecule has 0 amide bonds. The molecule has 1 aromatic carbocycles. The van der Waals surface area contributed by atoms with Gasteiger partial charge in [0.05, 0.1) is 30.4 Å². The van der Waals surface area contributed by atoms with Crippen LogP contribution in [0, 0.1) is 24.2 Å². The second kappa shape index (κ2) is 10.8. The maximum Gasteiger partial charge on any atom is 0.223 e. The Balaban J connectivity index is 1.57. The van der Waals surface area contributed by atoms with E-state index in [0.717, 1.165) is 44.1 Å². The molecule has 4 rings (SSSR count). The van der Waals surface area contributed by atoms with Crippen molar-refractivity contribution in [1.82, 2.24) is 14.5 Å². The molecular weight excluding hydrogens is 454 g/mol. The van der Waals surface area contributed by atoms with Gasteiger partial charge in [-0.3, -0.25) is 0 Å². The van der Waals surface area contributed by atoms with Gasteiger partial charge in [0, 0.05) is 30.7 Å². The topological polar surface area (TPSA) is 116 Å². The number of nitriles is 1. The number of amidine groups is 1. The van der Waals surface area contributed by atoms with E-state index in [-0.39, 0.29) is 18.0 Å². The summed E-state index contributed by atoms with van der Waals surface area (Å²) in [4.78, 5) is 12.9. The minimum absolute atomic E-state index is 0.0554. The second-order valence-corrected chi connectivity index (χ2v) is 11.0. The molecule has 3 aliphatic heterocycles. The van der Waals surface area contributed by atoms with Crippen molar-refractivity contribution in [3.05, 3.63) is 46.5 Å². The number of hydrogen-bond acceptors (Lipinski definition) is 9. The minimum Gasteiger partial charge on any atom is -0.598 e. The highest BCUT2D eigenvalue weighted by atomic mass is 32.2. The van der Waals surface area contributed by atoms with Crippen LogP contribution in [0.4, 0.5) is 0 Å². The van der Waals surface area contributed by atoms with Crippen LogP contribution in [0.15, 0.2) is 45.4 Å². The lowest BCUT2D eigenvalue weighted by Gasteiger charge is -2.39. The van der Waals surface area contributed by atoms with Gasteiger partial charge in [0.15, 0.2) is 0 Å². The highest BCUT2D eigenvalue weighted by molar-refractivity contribution is 8.03. The van der Waals surface area contributed by atoms with Gasteiger partial charge in [-0.15, -0.1) is 4.31 Å². The fourth-order valence-electron chi connectivity index (χ4n) is 4.69. The monoisotopic (exact) mass is 485 g/mol. The smallest absolute Gasteiger partial charge is 0.223 e. The van der Waals surface area contributed by atoms with Crippen LogP contribution in [0.2, 0.25) is 0 Å². The SMILES string of the molecule is Cc1ccc(C2CCCN2C2=N[C@H]3CCN([S+](C)[O-])CC3C(NCS/C(C#N)=C\N)=N2)cc1. The van der Waals surface area contributed by atoms with Gasteiger partial charge in [0.1, 0.15) is 23.1 Å². The van der Waals surface area contributed by atoms with Gasteiger partial charge in [0.25, 0.3) is 0 Å². The number of rotatable bonds is 5. The first-order valence-corrected chi connectivity index (χ1v) is 13.8. The summed E-state index contributed by atoms with van der Waals surface area (Å²) in [5.41, 5.74) is 8.07. The molecule has 0 aromatic heterocycles. The predicted molar refractivity (Wildman–Crippen MR) is 136 cm³/mol. The minimum atomic E-state index is -1.02. The highest BCUT2D eigenvalue weighted by Crippen LogP contribution is 2.35. The number of fused-ring (bicyclic) bond motifs is 1. The molecule has 1 aromatic rings. The molecule has 3 aliphatic rings. The van der Waals surface area contributed by atoms with Crippen molar-refractivity contribution in [2.75, 3.05) is 31.8 Å². The summed E-state index contributed by atoms with van der Waals surface area (Å²) < 4.78 is 14.1. The number of piperidine rings is 1. The Hall–Kier alpha value is -2.19. The fraction of sp³-hybridized carbons (Fsp3) is 0.522. The van der Waals surface area contributed by atoms with E-state index in [0.29, 0.717) is 17.3 Å². The lowest BCUT2D eigenvalue weighted by atomic mass is 9.91. The number of allylic oxidation sites excluding steroid dienone is 1. The zero-order valence-corrected chi connectivity index (χ0v) is 20.7. The summed E-state index contributed by atoms with van der Waals surface area (Å²) >= 11 is 0.326. The number of hydrogen-bond donors (Lipinski definition) is 2. The maximum absolute atomic E-state index is 12.1. The molecule has 4 atom stereocenters. The average Bonchev–Trinajstić information content (AvgIpc) is 3.31. The van der Waals surface area contributed by atoms with E-state index < -0.39 is 11.4 Å². The molecular formula is C23H31N7OS2. The van der Waals surface area contributed by atoms with Crippen LogP contribution >= 0.6 is 11.8 Å². The Bertz CT molecular complexity index is 970. The van der Waals surface area contributed by atoms with Gasteiger partial charge in [-0.05, 0) is 31.7 Å². The Morgan fingerprint density at radius 1 is 1.36 bits per heavy atom. The first-order chi connectivity index (χ1) is 16.0. The van der Waals surface area contributed by atoms with Crippen molar-refractivity contribution in [2.45, 2.75) is 38.3 Å². The second-order valence-electron chi connectivity index (χ2n) is 8.57. The number of aryl methyl sites for hydroxylation is 1. The van der Waals surface area contributed by atoms with Crippen LogP contribution in [0.25, 0.3) is 0 Å². The molecule has 0 saturated carbocycles. The molecule has 0 radical (unpaired) electrons. The van der Waals surface area contributed by atoms with E-state index in [9.17, 15) is 4.55 Å². The lowest BCUT2D eigenvalue weighted by molar-refractivity contribution is 0.274. The van der Waals surface area contributed by atoms with Crippen molar-refractivity contribution in [3.8, 4) is 6.07 Å². The quantitative estimate of drug-likeness (QED) is 0.374. The largest absolute Gasteiger partial charge is 0.598 e. The van der Waals surface area contributed by atoms with Crippen LogP contribution in [-0.4, -0.2) is 63.4 Å². The fourth-order valence-corrected chi connectivity index (χ4v) is 5.96. The Morgan fingerprint density at radius 3 is 2.85 bits per heavy atom. The number of nitrogens with one attached hydrogen (secondary N) is 1. The maximum atomic E-state index is 12.1. The lowest BCUT2D eigenvalue weighted by Crippen LogP contribution is -2.53. The number of aliphatic imine (C=N–C) groups is 2. The van der Waals surface area contributed by atoms with Crippen LogP contribution in [0.3, 0.4) is 0 Å². The summed E-state index contributed by atoms with van der Waals surface area (Å²) in [5, 5.41) is 12.6. The van der Waals surface area contributed by atoms with E-state index in [1.807, 2.05) is 4.31 Å². The molecule has 2 saturated heterocycles. The number of guanidine groups is 1. The van der Waals surface area contributed by atoms with E-state index in [2.05, 4.69) is 47.5 Å². The summed E-state index contributed by atoms with van der Waals surface area (Å²) in [6.45, 7) is 4.45. The molecule has 0 spiro atoms. The molecule has 176 valence electrons. The Labute approximate surface area is 203 Å². The predicted octanol–water partition coefficient (Wildman–Crippen LogP) is 2.49. The van der Waals surface area contributed by atoms with Crippen LogP contribution in [0.5, 0.6) is 0 Å². The summed E-state index contributed by atoms with van der Waals surface area (Å²) in [7, 11) is 0. The molecule has 10 heteroatoms. The first kappa shape index (κ1) is 24.0. The van der Waals surface area contributed by atoms with Crippen molar-refractivity contribution < 1.29 is 4.55 Å². The molecule has 3 heterocycles. The van der Waals surface area contributed by atoms with Gasteiger partial charge >= 0.3 is 0 Å². The van der Waals surface area contributed by atoms with Gasteiger partial charge in [0.2, 0.25) is 5.96 Å². The van der Waals surface area contributed by atoms with E-state index >= 15 is 0 Å². The number of thioether (sulfide) groups is 1. The molecule has 0 aliphatic carbocycles. The molecule has 8 nitrogen and oxygen atoms in total. The summed E-state index contributed by atoms with van der Waals surface area (Å²) in [6.07, 6.45) is 6.08. The molecule has 0 bridgehead atoms. The average molecular weight is 486 g/mol. The first-order valence-electron chi connectivity index (χ1n) is 11.3. The standard InChI is InChI=1S/C23H31N7OS2/c1-16-5-7-17(8-6-16)21-4-3-10-30(21)23-27-20-9-11-29(33(2)31)14-19(20)22(28-23)26-15-32-18(12-24)13-25/h5-8,12,19-21H,3-4,9-11,14-15,24H2,1-2H3,(H,26,27,28)/b18-12-/t19?,20-,21?,33?/m0/s1. The van der Waals surface area contributed by atoms with E-state index in [1.165, 1.54) is 29.1 Å². The number of nitrogens with zero attached hydrogens (tertiary/aromatic N) is 5. The molecule has 33 heavy (non-hydrogen) atoms. The molecule has 2 fully saturated rings. The van der Waals surface area contributed by atoms with Crippen molar-refractivity contribution in [1.29, 1.82) is 5.26 Å². The third kappa shape index (κ3) is 5.49. The molecule has 3 N–H and O–H groups in total. The van der Waals surface area contributed by atoms with Gasteiger partial charge in [-0.2, -0.15) is 5.26 Å². The van der Waals surface area contributed by atoms with Crippen LogP contribution < -0.4 is 11.1 Å². The van der Waals surface area contributed by atoms with Gasteiger partial charge in [-0.1, -0.05) is 41.6 Å². The Kier molecular flexibility index (Phi) is 7.86. The molecule has 3 unspecified atom stereocenters. The van der Waals surface area contributed by atoms with Crippen molar-refractivity contribution in [2.24, 2.45) is 21.6 Å². The number of benzene rings is 1. The van der Waals surface area contributed by atoms with Gasteiger partial charge < -0.3 is 20.5 Å².